The fourth-order valence-corrected chi connectivity index (χ4v) is 2.71. The van der Waals surface area contributed by atoms with Crippen LogP contribution in [0, 0.1) is 10.8 Å². The van der Waals surface area contributed by atoms with E-state index in [0.29, 0.717) is 12.0 Å². The van der Waals surface area contributed by atoms with Crippen LogP contribution in [0.15, 0.2) is 0 Å². The molecule has 0 radical (unpaired) electrons. The molecule has 2 aliphatic rings. The summed E-state index contributed by atoms with van der Waals surface area (Å²) in [6.07, 6.45) is 9.16. The lowest BCUT2D eigenvalue weighted by Gasteiger charge is -2.36. The zero-order chi connectivity index (χ0) is 10.8. The molecule has 2 aliphatic carbocycles. The maximum atomic E-state index is 9.55. The average Bonchev–Trinajstić information content (AvgIpc) is 2.98. The highest BCUT2D eigenvalue weighted by Crippen LogP contribution is 2.44. The third-order valence-electron chi connectivity index (χ3n) is 4.40. The topological polar surface area (TPSA) is 32.3 Å². The predicted octanol–water partition coefficient (Wildman–Crippen LogP) is 2.32. The monoisotopic (exact) mass is 211 g/mol. The Morgan fingerprint density at radius 3 is 2.20 bits per heavy atom. The van der Waals surface area contributed by atoms with E-state index >= 15 is 0 Å². The van der Waals surface area contributed by atoms with Gasteiger partial charge in [0.2, 0.25) is 0 Å². The Balaban J connectivity index is 1.74. The Kier molecular flexibility index (Phi) is 3.36. The highest BCUT2D eigenvalue weighted by Gasteiger charge is 2.38. The molecule has 2 N–H and O–H groups in total. The van der Waals surface area contributed by atoms with Crippen LogP contribution >= 0.6 is 0 Å². The van der Waals surface area contributed by atoms with Gasteiger partial charge in [-0.3, -0.25) is 0 Å². The molecule has 0 spiro atoms. The normalized spacial score (nSPS) is 27.6. The molecule has 0 aromatic carbocycles. The summed E-state index contributed by atoms with van der Waals surface area (Å²) in [6.45, 7) is 4.90. The molecule has 0 aromatic rings. The maximum absolute atomic E-state index is 9.55. The Morgan fingerprint density at radius 1 is 1.00 bits per heavy atom. The molecular formula is C13H25NO. The van der Waals surface area contributed by atoms with Gasteiger partial charge < -0.3 is 10.4 Å². The van der Waals surface area contributed by atoms with Crippen molar-refractivity contribution in [3.8, 4) is 0 Å². The summed E-state index contributed by atoms with van der Waals surface area (Å²) in [7, 11) is 0. The number of hydrogen-bond acceptors (Lipinski definition) is 2. The van der Waals surface area contributed by atoms with E-state index in [0.717, 1.165) is 13.1 Å². The van der Waals surface area contributed by atoms with Crippen LogP contribution in [0.25, 0.3) is 0 Å². The van der Waals surface area contributed by atoms with Gasteiger partial charge in [0.25, 0.3) is 0 Å². The highest BCUT2D eigenvalue weighted by molar-refractivity contribution is 4.92. The lowest BCUT2D eigenvalue weighted by molar-refractivity contribution is 0.0802. The fraction of sp³-hybridized carbons (Fsp3) is 1.00. The summed E-state index contributed by atoms with van der Waals surface area (Å²) < 4.78 is 0. The SMILES string of the molecule is CC1(CNCC2(CO)CCCCC2)CC1. The minimum absolute atomic E-state index is 0.212. The van der Waals surface area contributed by atoms with E-state index in [2.05, 4.69) is 12.2 Å². The smallest absolute Gasteiger partial charge is 0.0499 e. The first-order valence-electron chi connectivity index (χ1n) is 6.50. The van der Waals surface area contributed by atoms with Crippen molar-refractivity contribution < 1.29 is 5.11 Å². The van der Waals surface area contributed by atoms with Gasteiger partial charge in [-0.15, -0.1) is 0 Å². The third kappa shape index (κ3) is 2.94. The second-order valence-electron chi connectivity index (χ2n) is 6.13. The molecule has 0 amide bonds. The first-order chi connectivity index (χ1) is 7.18. The van der Waals surface area contributed by atoms with E-state index in [1.54, 1.807) is 0 Å². The lowest BCUT2D eigenvalue weighted by atomic mass is 9.74. The van der Waals surface area contributed by atoms with Crippen LogP contribution < -0.4 is 5.32 Å². The van der Waals surface area contributed by atoms with E-state index in [4.69, 9.17) is 0 Å². The van der Waals surface area contributed by atoms with Gasteiger partial charge in [-0.1, -0.05) is 26.2 Å². The quantitative estimate of drug-likeness (QED) is 0.731. The van der Waals surface area contributed by atoms with E-state index < -0.39 is 0 Å². The van der Waals surface area contributed by atoms with Gasteiger partial charge in [-0.2, -0.15) is 0 Å². The Bertz CT molecular complexity index is 205. The lowest BCUT2D eigenvalue weighted by Crippen LogP contribution is -2.40. The first kappa shape index (κ1) is 11.4. The molecule has 2 rings (SSSR count). The number of aliphatic hydroxyl groups excluding tert-OH is 1. The van der Waals surface area contributed by atoms with Crippen LogP contribution in [0.1, 0.15) is 51.9 Å². The van der Waals surface area contributed by atoms with Crippen molar-refractivity contribution in [3.63, 3.8) is 0 Å². The van der Waals surface area contributed by atoms with Gasteiger partial charge in [0.15, 0.2) is 0 Å². The van der Waals surface area contributed by atoms with Crippen LogP contribution in [0.5, 0.6) is 0 Å². The van der Waals surface area contributed by atoms with Crippen LogP contribution in [-0.4, -0.2) is 24.8 Å². The third-order valence-corrected chi connectivity index (χ3v) is 4.40. The second-order valence-corrected chi connectivity index (χ2v) is 6.13. The van der Waals surface area contributed by atoms with Gasteiger partial charge in [0.1, 0.15) is 0 Å². The fourth-order valence-electron chi connectivity index (χ4n) is 2.71. The Morgan fingerprint density at radius 2 is 1.67 bits per heavy atom. The summed E-state index contributed by atoms with van der Waals surface area (Å²) in [6, 6.07) is 0. The number of nitrogens with one attached hydrogen (secondary N) is 1. The van der Waals surface area contributed by atoms with Gasteiger partial charge >= 0.3 is 0 Å². The molecule has 0 atom stereocenters. The van der Waals surface area contributed by atoms with Gasteiger partial charge in [0, 0.05) is 25.1 Å². The Labute approximate surface area is 93.5 Å². The van der Waals surface area contributed by atoms with Gasteiger partial charge in [0.05, 0.1) is 0 Å². The molecule has 0 unspecified atom stereocenters. The molecule has 2 saturated carbocycles. The summed E-state index contributed by atoms with van der Waals surface area (Å²) >= 11 is 0. The molecule has 2 heteroatoms. The molecule has 2 fully saturated rings. The van der Waals surface area contributed by atoms with Crippen molar-refractivity contribution in [2.45, 2.75) is 51.9 Å². The molecule has 0 aromatic heterocycles. The van der Waals surface area contributed by atoms with Crippen LogP contribution in [0.4, 0.5) is 0 Å². The minimum Gasteiger partial charge on any atom is -0.396 e. The summed E-state index contributed by atoms with van der Waals surface area (Å²) in [5.41, 5.74) is 0.800. The summed E-state index contributed by atoms with van der Waals surface area (Å²) in [4.78, 5) is 0. The standard InChI is InChI=1S/C13H25NO/c1-12(7-8-12)9-14-10-13(11-15)5-3-2-4-6-13/h14-15H,2-11H2,1H3. The zero-order valence-electron chi connectivity index (χ0n) is 10.0. The molecule has 0 bridgehead atoms. The summed E-state index contributed by atoms with van der Waals surface area (Å²) in [5.74, 6) is 0. The van der Waals surface area contributed by atoms with E-state index in [9.17, 15) is 5.11 Å². The molecule has 15 heavy (non-hydrogen) atoms. The van der Waals surface area contributed by atoms with Crippen LogP contribution in [0.2, 0.25) is 0 Å². The first-order valence-corrected chi connectivity index (χ1v) is 6.50. The second kappa shape index (κ2) is 4.42. The van der Waals surface area contributed by atoms with E-state index in [1.165, 1.54) is 44.9 Å². The summed E-state index contributed by atoms with van der Waals surface area (Å²) in [5, 5.41) is 13.1. The predicted molar refractivity (Wildman–Crippen MR) is 62.8 cm³/mol. The molecule has 2 nitrogen and oxygen atoms in total. The van der Waals surface area contributed by atoms with Gasteiger partial charge in [-0.25, -0.2) is 0 Å². The van der Waals surface area contributed by atoms with Crippen molar-refractivity contribution in [2.24, 2.45) is 10.8 Å². The largest absolute Gasteiger partial charge is 0.396 e. The van der Waals surface area contributed by atoms with Crippen molar-refractivity contribution in [3.05, 3.63) is 0 Å². The maximum Gasteiger partial charge on any atom is 0.0499 e. The Hall–Kier alpha value is -0.0800. The van der Waals surface area contributed by atoms with E-state index in [-0.39, 0.29) is 5.41 Å². The number of rotatable bonds is 5. The average molecular weight is 211 g/mol. The molecule has 0 saturated heterocycles. The molecule has 0 aliphatic heterocycles. The van der Waals surface area contributed by atoms with Crippen molar-refractivity contribution >= 4 is 0 Å². The zero-order valence-corrected chi connectivity index (χ0v) is 10.0. The van der Waals surface area contributed by atoms with Crippen LogP contribution in [0.3, 0.4) is 0 Å². The molecule has 0 heterocycles. The highest BCUT2D eigenvalue weighted by atomic mass is 16.3. The number of hydrogen-bond donors (Lipinski definition) is 2. The van der Waals surface area contributed by atoms with Crippen molar-refractivity contribution in [2.75, 3.05) is 19.7 Å². The number of aliphatic hydroxyl groups is 1. The van der Waals surface area contributed by atoms with Crippen LogP contribution in [-0.2, 0) is 0 Å². The van der Waals surface area contributed by atoms with Gasteiger partial charge in [-0.05, 0) is 31.1 Å². The minimum atomic E-state index is 0.212. The molecule has 88 valence electrons. The van der Waals surface area contributed by atoms with E-state index in [1.807, 2.05) is 0 Å². The molecular weight excluding hydrogens is 186 g/mol. The van der Waals surface area contributed by atoms with Crippen molar-refractivity contribution in [1.82, 2.24) is 5.32 Å². The van der Waals surface area contributed by atoms with Crippen molar-refractivity contribution in [1.29, 1.82) is 0 Å².